The number of para-hydroxylation sites is 1. The van der Waals surface area contributed by atoms with Crippen LogP contribution < -0.4 is 9.64 Å². The molecular formula is C19H20Cl2N2O2. The molecule has 1 amide bonds. The fourth-order valence-corrected chi connectivity index (χ4v) is 3.23. The zero-order valence-corrected chi connectivity index (χ0v) is 15.5. The van der Waals surface area contributed by atoms with Crippen molar-refractivity contribution in [1.29, 1.82) is 0 Å². The zero-order valence-electron chi connectivity index (χ0n) is 14.0. The van der Waals surface area contributed by atoms with E-state index in [4.69, 9.17) is 27.9 Å². The molecule has 6 heteroatoms. The van der Waals surface area contributed by atoms with Crippen molar-refractivity contribution in [1.82, 2.24) is 4.90 Å². The molecular weight excluding hydrogens is 359 g/mol. The van der Waals surface area contributed by atoms with Crippen molar-refractivity contribution < 1.29 is 9.53 Å². The smallest absolute Gasteiger partial charge is 0.263 e. The molecule has 4 nitrogen and oxygen atoms in total. The van der Waals surface area contributed by atoms with Gasteiger partial charge in [0.1, 0.15) is 10.8 Å². The molecule has 0 N–H and O–H groups in total. The SMILES string of the molecule is CC(Oc1cccc(Cl)c1Cl)C(=O)N1CCN(c2ccccc2)CC1. The van der Waals surface area contributed by atoms with E-state index in [0.717, 1.165) is 13.1 Å². The highest BCUT2D eigenvalue weighted by molar-refractivity contribution is 6.42. The Balaban J connectivity index is 1.58. The molecule has 1 aliphatic rings. The maximum absolute atomic E-state index is 12.6. The van der Waals surface area contributed by atoms with Crippen molar-refractivity contribution in [2.45, 2.75) is 13.0 Å². The molecule has 0 bridgehead atoms. The highest BCUT2D eigenvalue weighted by Crippen LogP contribution is 2.32. The molecule has 25 heavy (non-hydrogen) atoms. The van der Waals surface area contributed by atoms with E-state index in [1.54, 1.807) is 25.1 Å². The summed E-state index contributed by atoms with van der Waals surface area (Å²) in [6.07, 6.45) is -0.612. The van der Waals surface area contributed by atoms with E-state index in [2.05, 4.69) is 17.0 Å². The minimum Gasteiger partial charge on any atom is -0.479 e. The van der Waals surface area contributed by atoms with E-state index in [1.807, 2.05) is 23.1 Å². The van der Waals surface area contributed by atoms with E-state index in [0.29, 0.717) is 28.9 Å². The summed E-state index contributed by atoms with van der Waals surface area (Å²) >= 11 is 12.1. The third-order valence-corrected chi connectivity index (χ3v) is 5.08. The summed E-state index contributed by atoms with van der Waals surface area (Å²) in [5.74, 6) is 0.390. The second kappa shape index (κ2) is 7.98. The second-order valence-electron chi connectivity index (χ2n) is 5.96. The first-order valence-electron chi connectivity index (χ1n) is 8.25. The van der Waals surface area contributed by atoms with Crippen molar-refractivity contribution in [3.05, 3.63) is 58.6 Å². The predicted molar refractivity (Wildman–Crippen MR) is 102 cm³/mol. The maximum Gasteiger partial charge on any atom is 0.263 e. The average molecular weight is 379 g/mol. The molecule has 1 aliphatic heterocycles. The van der Waals surface area contributed by atoms with Crippen LogP contribution in [-0.4, -0.2) is 43.1 Å². The first-order chi connectivity index (χ1) is 12.1. The number of halogens is 2. The largest absolute Gasteiger partial charge is 0.479 e. The number of amides is 1. The van der Waals surface area contributed by atoms with Crippen LogP contribution in [0.5, 0.6) is 5.75 Å². The van der Waals surface area contributed by atoms with Gasteiger partial charge in [-0.05, 0) is 31.2 Å². The topological polar surface area (TPSA) is 32.8 Å². The molecule has 0 radical (unpaired) electrons. The summed E-state index contributed by atoms with van der Waals surface area (Å²) in [4.78, 5) is 16.8. The van der Waals surface area contributed by atoms with Crippen molar-refractivity contribution in [2.75, 3.05) is 31.1 Å². The fraction of sp³-hybridized carbons (Fsp3) is 0.316. The van der Waals surface area contributed by atoms with Crippen LogP contribution in [0, 0.1) is 0 Å². The van der Waals surface area contributed by atoms with Gasteiger partial charge in [-0.2, -0.15) is 0 Å². The molecule has 1 unspecified atom stereocenters. The number of anilines is 1. The monoisotopic (exact) mass is 378 g/mol. The van der Waals surface area contributed by atoms with Crippen LogP contribution in [0.15, 0.2) is 48.5 Å². The van der Waals surface area contributed by atoms with Gasteiger partial charge in [0, 0.05) is 31.9 Å². The van der Waals surface area contributed by atoms with Gasteiger partial charge in [0.15, 0.2) is 6.10 Å². The number of piperazine rings is 1. The number of carbonyl (C=O) groups is 1. The minimum absolute atomic E-state index is 0.0382. The predicted octanol–water partition coefficient (Wildman–Crippen LogP) is 4.11. The summed E-state index contributed by atoms with van der Waals surface area (Å²) in [6.45, 7) is 4.69. The van der Waals surface area contributed by atoms with Gasteiger partial charge in [-0.25, -0.2) is 0 Å². The maximum atomic E-state index is 12.6. The van der Waals surface area contributed by atoms with Gasteiger partial charge >= 0.3 is 0 Å². The summed E-state index contributed by atoms with van der Waals surface area (Å²) in [7, 11) is 0. The Hall–Kier alpha value is -1.91. The summed E-state index contributed by atoms with van der Waals surface area (Å²) < 4.78 is 5.73. The molecule has 2 aromatic carbocycles. The number of nitrogens with zero attached hydrogens (tertiary/aromatic N) is 2. The van der Waals surface area contributed by atoms with Crippen molar-refractivity contribution in [2.24, 2.45) is 0 Å². The molecule has 2 aromatic rings. The van der Waals surface area contributed by atoms with Gasteiger partial charge in [-0.1, -0.05) is 47.5 Å². The lowest BCUT2D eigenvalue weighted by Crippen LogP contribution is -2.52. The van der Waals surface area contributed by atoms with Gasteiger partial charge < -0.3 is 14.5 Å². The second-order valence-corrected chi connectivity index (χ2v) is 6.75. The van der Waals surface area contributed by atoms with Gasteiger partial charge in [-0.15, -0.1) is 0 Å². The normalized spacial score (nSPS) is 15.8. The van der Waals surface area contributed by atoms with Gasteiger partial charge in [0.05, 0.1) is 5.02 Å². The van der Waals surface area contributed by atoms with Crippen LogP contribution in [0.4, 0.5) is 5.69 Å². The van der Waals surface area contributed by atoms with Gasteiger partial charge in [-0.3, -0.25) is 4.79 Å². The van der Waals surface area contributed by atoms with E-state index in [9.17, 15) is 4.79 Å². The van der Waals surface area contributed by atoms with Crippen molar-refractivity contribution in [3.8, 4) is 5.75 Å². The Kier molecular flexibility index (Phi) is 5.71. The molecule has 0 aromatic heterocycles. The molecule has 1 saturated heterocycles. The third-order valence-electron chi connectivity index (χ3n) is 4.28. The molecule has 3 rings (SSSR count). The number of hydrogen-bond acceptors (Lipinski definition) is 3. The number of rotatable bonds is 4. The van der Waals surface area contributed by atoms with Gasteiger partial charge in [0.25, 0.3) is 5.91 Å². The number of hydrogen-bond donors (Lipinski definition) is 0. The quantitative estimate of drug-likeness (QED) is 0.802. The van der Waals surface area contributed by atoms with E-state index in [1.165, 1.54) is 5.69 Å². The Morgan fingerprint density at radius 3 is 2.36 bits per heavy atom. The van der Waals surface area contributed by atoms with Crippen LogP contribution in [-0.2, 0) is 4.79 Å². The average Bonchev–Trinajstić information content (AvgIpc) is 2.65. The van der Waals surface area contributed by atoms with Crippen LogP contribution in [0.2, 0.25) is 10.0 Å². The van der Waals surface area contributed by atoms with Crippen LogP contribution in [0.25, 0.3) is 0 Å². The summed E-state index contributed by atoms with van der Waals surface area (Å²) in [6, 6.07) is 15.4. The lowest BCUT2D eigenvalue weighted by Gasteiger charge is -2.37. The lowest BCUT2D eigenvalue weighted by atomic mass is 10.2. The lowest BCUT2D eigenvalue weighted by molar-refractivity contribution is -0.138. The van der Waals surface area contributed by atoms with Gasteiger partial charge in [0.2, 0.25) is 0 Å². The molecule has 1 atom stereocenters. The third kappa shape index (κ3) is 4.20. The Labute approximate surface area is 157 Å². The number of benzene rings is 2. The molecule has 132 valence electrons. The van der Waals surface area contributed by atoms with Crippen LogP contribution in [0.3, 0.4) is 0 Å². The molecule has 1 heterocycles. The van der Waals surface area contributed by atoms with E-state index < -0.39 is 6.10 Å². The first-order valence-corrected chi connectivity index (χ1v) is 9.01. The van der Waals surface area contributed by atoms with Crippen LogP contribution >= 0.6 is 23.2 Å². The molecule has 0 spiro atoms. The molecule has 0 aliphatic carbocycles. The molecule has 0 saturated carbocycles. The van der Waals surface area contributed by atoms with E-state index in [-0.39, 0.29) is 5.91 Å². The standard InChI is InChI=1S/C19H20Cl2N2O2/c1-14(25-17-9-5-8-16(20)18(17)21)19(24)23-12-10-22(11-13-23)15-6-3-2-4-7-15/h2-9,14H,10-13H2,1H3. The summed E-state index contributed by atoms with van der Waals surface area (Å²) in [5.41, 5.74) is 1.18. The number of carbonyl (C=O) groups excluding carboxylic acids is 1. The Morgan fingerprint density at radius 1 is 1.00 bits per heavy atom. The van der Waals surface area contributed by atoms with Crippen LogP contribution in [0.1, 0.15) is 6.92 Å². The zero-order chi connectivity index (χ0) is 17.8. The highest BCUT2D eigenvalue weighted by Gasteiger charge is 2.26. The minimum atomic E-state index is -0.612. The van der Waals surface area contributed by atoms with Crippen molar-refractivity contribution in [3.63, 3.8) is 0 Å². The fourth-order valence-electron chi connectivity index (χ4n) is 2.90. The highest BCUT2D eigenvalue weighted by atomic mass is 35.5. The Morgan fingerprint density at radius 2 is 1.68 bits per heavy atom. The summed E-state index contributed by atoms with van der Waals surface area (Å²) in [5, 5.41) is 0.744. The first kappa shape index (κ1) is 17.9. The number of ether oxygens (including phenoxy) is 1. The van der Waals surface area contributed by atoms with Crippen molar-refractivity contribution >= 4 is 34.8 Å². The van der Waals surface area contributed by atoms with E-state index >= 15 is 0 Å². The Bertz CT molecular complexity index is 731. The molecule has 1 fully saturated rings.